The highest BCUT2D eigenvalue weighted by atomic mass is 15.1. The number of nitrogens with zero attached hydrogens (tertiary/aromatic N) is 3. The molecule has 0 amide bonds. The van der Waals surface area contributed by atoms with Gasteiger partial charge in [-0.25, -0.2) is 0 Å². The summed E-state index contributed by atoms with van der Waals surface area (Å²) in [6.07, 6.45) is 7.55. The lowest BCUT2D eigenvalue weighted by Crippen LogP contribution is -2.06. The number of aromatic nitrogens is 2. The van der Waals surface area contributed by atoms with Crippen LogP contribution in [0.5, 0.6) is 0 Å². The topological polar surface area (TPSA) is 61.6 Å². The molecule has 0 unspecified atom stereocenters. The molecule has 1 aromatic carbocycles. The van der Waals surface area contributed by atoms with Crippen molar-refractivity contribution in [3.63, 3.8) is 0 Å². The van der Waals surface area contributed by atoms with Crippen molar-refractivity contribution < 1.29 is 0 Å². The molecule has 0 bridgehead atoms. The summed E-state index contributed by atoms with van der Waals surface area (Å²) < 4.78 is 0. The highest BCUT2D eigenvalue weighted by molar-refractivity contribution is 5.92. The van der Waals surface area contributed by atoms with E-state index in [1.54, 1.807) is 0 Å². The standard InChI is InChI=1S/C17H22N4/c1-2-3-4-5-6-9-12-19-17-14-10-7-8-11-15(14)20-21-16(17)13-18/h7-8,10-11H,2-6,9,12H2,1H3,(H,19,20). The Balaban J connectivity index is 1.96. The quantitative estimate of drug-likeness (QED) is 0.734. The first kappa shape index (κ1) is 15.2. The van der Waals surface area contributed by atoms with Crippen LogP contribution in [0.2, 0.25) is 0 Å². The van der Waals surface area contributed by atoms with Gasteiger partial charge in [-0.2, -0.15) is 5.26 Å². The molecule has 0 aliphatic carbocycles. The van der Waals surface area contributed by atoms with Crippen molar-refractivity contribution in [3.8, 4) is 6.07 Å². The third kappa shape index (κ3) is 4.16. The van der Waals surface area contributed by atoms with Crippen molar-refractivity contribution in [1.29, 1.82) is 5.26 Å². The second kappa shape index (κ2) is 8.21. The minimum Gasteiger partial charge on any atom is -0.382 e. The predicted octanol–water partition coefficient (Wildman–Crippen LogP) is 4.27. The Kier molecular flexibility index (Phi) is 5.96. The molecule has 0 aliphatic heterocycles. The Labute approximate surface area is 126 Å². The third-order valence-electron chi connectivity index (χ3n) is 3.61. The summed E-state index contributed by atoms with van der Waals surface area (Å²) in [6, 6.07) is 9.91. The average Bonchev–Trinajstić information content (AvgIpc) is 2.54. The normalized spacial score (nSPS) is 10.5. The number of hydrogen-bond acceptors (Lipinski definition) is 4. The second-order valence-electron chi connectivity index (χ2n) is 5.25. The molecule has 0 saturated heterocycles. The van der Waals surface area contributed by atoms with Gasteiger partial charge in [0.2, 0.25) is 0 Å². The van der Waals surface area contributed by atoms with Gasteiger partial charge in [-0.1, -0.05) is 57.2 Å². The highest BCUT2D eigenvalue weighted by Crippen LogP contribution is 2.23. The van der Waals surface area contributed by atoms with Gasteiger partial charge in [0.05, 0.1) is 11.2 Å². The Hall–Kier alpha value is -2.15. The van der Waals surface area contributed by atoms with Crippen LogP contribution in [0.4, 0.5) is 5.69 Å². The number of fused-ring (bicyclic) bond motifs is 1. The molecule has 0 radical (unpaired) electrons. The van der Waals surface area contributed by atoms with E-state index in [-0.39, 0.29) is 0 Å². The molecule has 1 aromatic heterocycles. The highest BCUT2D eigenvalue weighted by Gasteiger charge is 2.09. The Morgan fingerprint density at radius 3 is 2.62 bits per heavy atom. The summed E-state index contributed by atoms with van der Waals surface area (Å²) >= 11 is 0. The van der Waals surface area contributed by atoms with E-state index in [0.29, 0.717) is 5.69 Å². The molecule has 1 N–H and O–H groups in total. The van der Waals surface area contributed by atoms with Gasteiger partial charge in [-0.3, -0.25) is 0 Å². The van der Waals surface area contributed by atoms with Crippen molar-refractivity contribution in [1.82, 2.24) is 10.2 Å². The van der Waals surface area contributed by atoms with E-state index in [1.807, 2.05) is 24.3 Å². The van der Waals surface area contributed by atoms with Gasteiger partial charge in [0.25, 0.3) is 0 Å². The average molecular weight is 282 g/mol. The van der Waals surface area contributed by atoms with Crippen LogP contribution in [0.15, 0.2) is 24.3 Å². The van der Waals surface area contributed by atoms with Crippen LogP contribution in [0.1, 0.15) is 51.1 Å². The maximum atomic E-state index is 9.19. The number of anilines is 1. The molecule has 0 fully saturated rings. The number of rotatable bonds is 8. The van der Waals surface area contributed by atoms with Gasteiger partial charge in [0.1, 0.15) is 6.07 Å². The minimum absolute atomic E-state index is 0.375. The van der Waals surface area contributed by atoms with Crippen molar-refractivity contribution in [2.75, 3.05) is 11.9 Å². The molecule has 0 aliphatic rings. The molecule has 4 nitrogen and oxygen atoms in total. The number of benzene rings is 1. The maximum absolute atomic E-state index is 9.19. The molecule has 1 heterocycles. The largest absolute Gasteiger partial charge is 0.382 e. The fourth-order valence-electron chi connectivity index (χ4n) is 2.43. The first-order valence-electron chi connectivity index (χ1n) is 7.76. The van der Waals surface area contributed by atoms with Gasteiger partial charge in [-0.05, 0) is 12.5 Å². The fourth-order valence-corrected chi connectivity index (χ4v) is 2.43. The van der Waals surface area contributed by atoms with E-state index in [2.05, 4.69) is 28.5 Å². The molecular weight excluding hydrogens is 260 g/mol. The lowest BCUT2D eigenvalue weighted by Gasteiger charge is -2.10. The van der Waals surface area contributed by atoms with Gasteiger partial charge in [-0.15, -0.1) is 10.2 Å². The van der Waals surface area contributed by atoms with Gasteiger partial charge < -0.3 is 5.32 Å². The zero-order valence-electron chi connectivity index (χ0n) is 12.6. The first-order chi connectivity index (χ1) is 10.4. The number of hydrogen-bond donors (Lipinski definition) is 1. The summed E-state index contributed by atoms with van der Waals surface area (Å²) in [6.45, 7) is 3.10. The molecule has 0 saturated carbocycles. The van der Waals surface area contributed by atoms with E-state index in [9.17, 15) is 5.26 Å². The zero-order chi connectivity index (χ0) is 14.9. The van der Waals surface area contributed by atoms with Crippen LogP contribution in [-0.4, -0.2) is 16.7 Å². The third-order valence-corrected chi connectivity index (χ3v) is 3.61. The molecule has 21 heavy (non-hydrogen) atoms. The van der Waals surface area contributed by atoms with Crippen molar-refractivity contribution in [2.45, 2.75) is 45.4 Å². The number of nitriles is 1. The van der Waals surface area contributed by atoms with Crippen molar-refractivity contribution >= 4 is 16.6 Å². The molecule has 4 heteroatoms. The predicted molar refractivity (Wildman–Crippen MR) is 86.1 cm³/mol. The molecule has 110 valence electrons. The van der Waals surface area contributed by atoms with Crippen molar-refractivity contribution in [3.05, 3.63) is 30.0 Å². The van der Waals surface area contributed by atoms with Crippen LogP contribution in [0.25, 0.3) is 10.9 Å². The summed E-state index contributed by atoms with van der Waals surface area (Å²) in [5.41, 5.74) is 2.01. The molecule has 0 spiro atoms. The van der Waals surface area contributed by atoms with Crippen LogP contribution < -0.4 is 5.32 Å². The minimum atomic E-state index is 0.375. The van der Waals surface area contributed by atoms with E-state index in [0.717, 1.165) is 29.6 Å². The summed E-state index contributed by atoms with van der Waals surface area (Å²) in [7, 11) is 0. The van der Waals surface area contributed by atoms with Crippen LogP contribution in [0, 0.1) is 11.3 Å². The Morgan fingerprint density at radius 2 is 1.81 bits per heavy atom. The zero-order valence-corrected chi connectivity index (χ0v) is 12.6. The SMILES string of the molecule is CCCCCCCCNc1c(C#N)nnc2ccccc12. The summed E-state index contributed by atoms with van der Waals surface area (Å²) in [5, 5.41) is 21.6. The van der Waals surface area contributed by atoms with Crippen LogP contribution >= 0.6 is 0 Å². The molecule has 2 rings (SSSR count). The van der Waals surface area contributed by atoms with Crippen LogP contribution in [0.3, 0.4) is 0 Å². The summed E-state index contributed by atoms with van der Waals surface area (Å²) in [4.78, 5) is 0. The number of unbranched alkanes of at least 4 members (excludes halogenated alkanes) is 5. The van der Waals surface area contributed by atoms with E-state index in [4.69, 9.17) is 0 Å². The molecule has 2 aromatic rings. The summed E-state index contributed by atoms with van der Waals surface area (Å²) in [5.74, 6) is 0. The molecule has 0 atom stereocenters. The second-order valence-corrected chi connectivity index (χ2v) is 5.25. The van der Waals surface area contributed by atoms with Gasteiger partial charge >= 0.3 is 0 Å². The van der Waals surface area contributed by atoms with E-state index in [1.165, 1.54) is 32.1 Å². The van der Waals surface area contributed by atoms with Gasteiger partial charge in [0, 0.05) is 11.9 Å². The first-order valence-corrected chi connectivity index (χ1v) is 7.76. The number of nitrogens with one attached hydrogen (secondary N) is 1. The lowest BCUT2D eigenvalue weighted by molar-refractivity contribution is 0.617. The van der Waals surface area contributed by atoms with Crippen molar-refractivity contribution in [2.24, 2.45) is 0 Å². The lowest BCUT2D eigenvalue weighted by atomic mass is 10.1. The van der Waals surface area contributed by atoms with Crippen LogP contribution in [-0.2, 0) is 0 Å². The van der Waals surface area contributed by atoms with E-state index >= 15 is 0 Å². The maximum Gasteiger partial charge on any atom is 0.186 e. The van der Waals surface area contributed by atoms with E-state index < -0.39 is 0 Å². The Morgan fingerprint density at radius 1 is 1.05 bits per heavy atom. The smallest absolute Gasteiger partial charge is 0.186 e. The monoisotopic (exact) mass is 282 g/mol. The Bertz CT molecular complexity index is 616. The molecular formula is C17H22N4. The fraction of sp³-hybridized carbons (Fsp3) is 0.471. The van der Waals surface area contributed by atoms with Gasteiger partial charge in [0.15, 0.2) is 5.69 Å².